The zero-order valence-corrected chi connectivity index (χ0v) is 8.77. The molecule has 0 radical (unpaired) electrons. The molecule has 1 heterocycles. The summed E-state index contributed by atoms with van der Waals surface area (Å²) in [6.45, 7) is 5.17. The van der Waals surface area contributed by atoms with Gasteiger partial charge in [0.15, 0.2) is 0 Å². The van der Waals surface area contributed by atoms with E-state index in [1.807, 2.05) is 11.8 Å². The van der Waals surface area contributed by atoms with Crippen molar-refractivity contribution in [1.29, 1.82) is 0 Å². The van der Waals surface area contributed by atoms with Crippen LogP contribution in [0.2, 0.25) is 0 Å². The Kier molecular flexibility index (Phi) is 4.40. The van der Waals surface area contributed by atoms with Gasteiger partial charge in [0.05, 0.1) is 6.10 Å². The standard InChI is InChI=1S/C9H19NOS/c1-7(10)4-6-12-9-3-5-11-8(9)2/h7-9H,3-6,10H2,1-2H3. The van der Waals surface area contributed by atoms with Gasteiger partial charge >= 0.3 is 0 Å². The number of rotatable bonds is 4. The van der Waals surface area contributed by atoms with Crippen molar-refractivity contribution in [3.05, 3.63) is 0 Å². The molecule has 72 valence electrons. The molecule has 0 aromatic heterocycles. The summed E-state index contributed by atoms with van der Waals surface area (Å²) in [6.07, 6.45) is 2.78. The molecular formula is C9H19NOS. The van der Waals surface area contributed by atoms with E-state index in [0.29, 0.717) is 17.4 Å². The van der Waals surface area contributed by atoms with Gasteiger partial charge in [0.25, 0.3) is 0 Å². The first-order valence-electron chi connectivity index (χ1n) is 4.69. The minimum Gasteiger partial charge on any atom is -0.377 e. The van der Waals surface area contributed by atoms with Crippen LogP contribution in [-0.4, -0.2) is 29.8 Å². The summed E-state index contributed by atoms with van der Waals surface area (Å²) in [5, 5.41) is 0.712. The molecule has 0 bridgehead atoms. The average Bonchev–Trinajstić information content (AvgIpc) is 2.36. The first-order valence-corrected chi connectivity index (χ1v) is 5.74. The number of thioether (sulfide) groups is 1. The van der Waals surface area contributed by atoms with E-state index in [4.69, 9.17) is 10.5 Å². The number of hydrogen-bond donors (Lipinski definition) is 1. The fraction of sp³-hybridized carbons (Fsp3) is 1.00. The highest BCUT2D eigenvalue weighted by molar-refractivity contribution is 7.99. The molecule has 1 aliphatic rings. The van der Waals surface area contributed by atoms with Crippen molar-refractivity contribution in [3.8, 4) is 0 Å². The molecule has 1 aliphatic heterocycles. The van der Waals surface area contributed by atoms with Crippen molar-refractivity contribution in [3.63, 3.8) is 0 Å². The van der Waals surface area contributed by atoms with Crippen molar-refractivity contribution in [2.24, 2.45) is 5.73 Å². The second-order valence-corrected chi connectivity index (χ2v) is 4.89. The third kappa shape index (κ3) is 3.33. The lowest BCUT2D eigenvalue weighted by atomic mass is 10.3. The molecule has 3 unspecified atom stereocenters. The molecule has 0 aromatic rings. The molecule has 2 nitrogen and oxygen atoms in total. The van der Waals surface area contributed by atoms with Gasteiger partial charge in [-0.1, -0.05) is 0 Å². The first kappa shape index (κ1) is 10.4. The van der Waals surface area contributed by atoms with Gasteiger partial charge in [-0.2, -0.15) is 11.8 Å². The van der Waals surface area contributed by atoms with E-state index in [2.05, 4.69) is 13.8 Å². The van der Waals surface area contributed by atoms with Crippen LogP contribution in [0.25, 0.3) is 0 Å². The lowest BCUT2D eigenvalue weighted by Crippen LogP contribution is -2.18. The Bertz CT molecular complexity index is 130. The first-order chi connectivity index (χ1) is 5.70. The second-order valence-electron chi connectivity index (χ2n) is 3.54. The maximum atomic E-state index is 5.67. The Morgan fingerprint density at radius 2 is 2.42 bits per heavy atom. The van der Waals surface area contributed by atoms with Crippen LogP contribution >= 0.6 is 11.8 Å². The highest BCUT2D eigenvalue weighted by atomic mass is 32.2. The Hall–Kier alpha value is 0.270. The van der Waals surface area contributed by atoms with E-state index >= 15 is 0 Å². The van der Waals surface area contributed by atoms with Crippen molar-refractivity contribution in [1.82, 2.24) is 0 Å². The van der Waals surface area contributed by atoms with Gasteiger partial charge < -0.3 is 10.5 Å². The summed E-state index contributed by atoms with van der Waals surface area (Å²) in [5.74, 6) is 1.18. The Morgan fingerprint density at radius 1 is 1.67 bits per heavy atom. The van der Waals surface area contributed by atoms with Crippen LogP contribution in [0.4, 0.5) is 0 Å². The highest BCUT2D eigenvalue weighted by Gasteiger charge is 2.23. The predicted octanol–water partition coefficient (Wildman–Crippen LogP) is 1.63. The minimum absolute atomic E-state index is 0.343. The van der Waals surface area contributed by atoms with Gasteiger partial charge in [0.2, 0.25) is 0 Å². The largest absolute Gasteiger partial charge is 0.377 e. The monoisotopic (exact) mass is 189 g/mol. The topological polar surface area (TPSA) is 35.2 Å². The Labute approximate surface area is 79.2 Å². The van der Waals surface area contributed by atoms with Crippen molar-refractivity contribution in [2.75, 3.05) is 12.4 Å². The second kappa shape index (κ2) is 5.10. The van der Waals surface area contributed by atoms with Gasteiger partial charge in [-0.25, -0.2) is 0 Å². The quantitative estimate of drug-likeness (QED) is 0.730. The van der Waals surface area contributed by atoms with Crippen LogP contribution in [0.1, 0.15) is 26.7 Å². The predicted molar refractivity (Wildman–Crippen MR) is 54.5 cm³/mol. The summed E-state index contributed by atoms with van der Waals surface area (Å²) in [5.41, 5.74) is 5.67. The fourth-order valence-electron chi connectivity index (χ4n) is 1.34. The van der Waals surface area contributed by atoms with E-state index in [0.717, 1.165) is 13.0 Å². The van der Waals surface area contributed by atoms with E-state index < -0.39 is 0 Å². The minimum atomic E-state index is 0.343. The number of nitrogens with two attached hydrogens (primary N) is 1. The van der Waals surface area contributed by atoms with Gasteiger partial charge in [-0.3, -0.25) is 0 Å². The number of ether oxygens (including phenoxy) is 1. The molecule has 3 heteroatoms. The average molecular weight is 189 g/mol. The van der Waals surface area contributed by atoms with Crippen LogP contribution < -0.4 is 5.73 Å². The van der Waals surface area contributed by atoms with Gasteiger partial charge in [-0.05, 0) is 32.4 Å². The maximum absolute atomic E-state index is 5.67. The molecule has 1 rings (SSSR count). The van der Waals surface area contributed by atoms with E-state index in [-0.39, 0.29) is 0 Å². The fourth-order valence-corrected chi connectivity index (χ4v) is 2.76. The third-order valence-corrected chi connectivity index (χ3v) is 3.73. The van der Waals surface area contributed by atoms with Crippen LogP contribution in [-0.2, 0) is 4.74 Å². The van der Waals surface area contributed by atoms with Crippen LogP contribution in [0.5, 0.6) is 0 Å². The van der Waals surface area contributed by atoms with Crippen LogP contribution in [0, 0.1) is 0 Å². The molecule has 0 saturated carbocycles. The summed E-state index contributed by atoms with van der Waals surface area (Å²) >= 11 is 2.02. The molecule has 2 N–H and O–H groups in total. The summed E-state index contributed by atoms with van der Waals surface area (Å²) in [4.78, 5) is 0. The van der Waals surface area contributed by atoms with Crippen molar-refractivity contribution in [2.45, 2.75) is 44.1 Å². The molecular weight excluding hydrogens is 170 g/mol. The van der Waals surface area contributed by atoms with Gasteiger partial charge in [0.1, 0.15) is 0 Å². The molecule has 1 fully saturated rings. The summed E-state index contributed by atoms with van der Waals surface area (Å²) in [7, 11) is 0. The third-order valence-electron chi connectivity index (χ3n) is 2.21. The van der Waals surface area contributed by atoms with E-state index in [1.54, 1.807) is 0 Å². The van der Waals surface area contributed by atoms with Gasteiger partial charge in [0, 0.05) is 17.9 Å². The molecule has 0 aliphatic carbocycles. The molecule has 1 saturated heterocycles. The summed E-state index contributed by atoms with van der Waals surface area (Å²) < 4.78 is 5.47. The lowest BCUT2D eigenvalue weighted by molar-refractivity contribution is 0.127. The highest BCUT2D eigenvalue weighted by Crippen LogP contribution is 2.26. The van der Waals surface area contributed by atoms with Gasteiger partial charge in [-0.15, -0.1) is 0 Å². The summed E-state index contributed by atoms with van der Waals surface area (Å²) in [6, 6.07) is 0.343. The van der Waals surface area contributed by atoms with Crippen molar-refractivity contribution < 1.29 is 4.74 Å². The zero-order valence-electron chi connectivity index (χ0n) is 7.95. The Balaban J connectivity index is 2.06. The van der Waals surface area contributed by atoms with Crippen molar-refractivity contribution >= 4 is 11.8 Å². The lowest BCUT2D eigenvalue weighted by Gasteiger charge is -2.13. The smallest absolute Gasteiger partial charge is 0.0666 e. The maximum Gasteiger partial charge on any atom is 0.0666 e. The Morgan fingerprint density at radius 3 is 2.92 bits per heavy atom. The molecule has 12 heavy (non-hydrogen) atoms. The molecule has 0 spiro atoms. The zero-order chi connectivity index (χ0) is 8.97. The molecule has 0 amide bonds. The van der Waals surface area contributed by atoms with E-state index in [1.165, 1.54) is 12.2 Å². The number of hydrogen-bond acceptors (Lipinski definition) is 3. The van der Waals surface area contributed by atoms with Crippen LogP contribution in [0.3, 0.4) is 0 Å². The molecule has 3 atom stereocenters. The van der Waals surface area contributed by atoms with Crippen LogP contribution in [0.15, 0.2) is 0 Å². The molecule has 0 aromatic carbocycles. The van der Waals surface area contributed by atoms with E-state index in [9.17, 15) is 0 Å². The SMILES string of the molecule is CC(N)CCSC1CCOC1C. The normalized spacial score (nSPS) is 32.2.